The number of benzene rings is 3. The number of nitrogens with zero attached hydrogens (tertiary/aromatic N) is 1. The second-order valence-electron chi connectivity index (χ2n) is 8.88. The third kappa shape index (κ3) is 6.28. The zero-order valence-electron chi connectivity index (χ0n) is 19.8. The van der Waals surface area contributed by atoms with Gasteiger partial charge in [-0.15, -0.1) is 4.91 Å². The third-order valence-corrected chi connectivity index (χ3v) is 8.17. The normalized spacial score (nSPS) is 19.9. The highest BCUT2D eigenvalue weighted by Crippen LogP contribution is 2.56. The largest absolute Gasteiger partial charge is 0.508 e. The van der Waals surface area contributed by atoms with Crippen molar-refractivity contribution in [3.05, 3.63) is 91.8 Å². The van der Waals surface area contributed by atoms with Crippen LogP contribution >= 0.6 is 30.8 Å². The van der Waals surface area contributed by atoms with Gasteiger partial charge in [-0.2, -0.15) is 0 Å². The number of phenols is 1. The van der Waals surface area contributed by atoms with Crippen LogP contribution < -0.4 is 4.74 Å². The molecule has 1 aliphatic heterocycles. The molecule has 2 unspecified atom stereocenters. The summed E-state index contributed by atoms with van der Waals surface area (Å²) in [6, 6.07) is 15.3. The Morgan fingerprint density at radius 1 is 1.14 bits per heavy atom. The Morgan fingerprint density at radius 2 is 1.89 bits per heavy atom. The Kier molecular flexibility index (Phi) is 8.38. The Labute approximate surface area is 219 Å². The number of hydrogen-bond donors (Lipinski definition) is 1. The lowest BCUT2D eigenvalue weighted by Gasteiger charge is -2.30. The molecule has 3 aromatic rings. The Morgan fingerprint density at radius 3 is 2.56 bits per heavy atom. The average Bonchev–Trinajstić information content (AvgIpc) is 2.85. The van der Waals surface area contributed by atoms with Crippen molar-refractivity contribution >= 4 is 36.5 Å². The maximum absolute atomic E-state index is 13.2. The molecule has 1 saturated heterocycles. The maximum Gasteiger partial charge on any atom is 0.368 e. The lowest BCUT2D eigenvalue weighted by atomic mass is 9.96. The van der Waals surface area contributed by atoms with Gasteiger partial charge < -0.3 is 14.4 Å². The zero-order chi connectivity index (χ0) is 25.9. The van der Waals surface area contributed by atoms with E-state index in [-0.39, 0.29) is 24.6 Å². The van der Waals surface area contributed by atoms with Gasteiger partial charge in [0.2, 0.25) is 0 Å². The maximum atomic E-state index is 13.2. The molecule has 190 valence electrons. The number of phenolic OH excluding ortho intramolecular Hbond substituents is 1. The molecule has 0 radical (unpaired) electrons. The van der Waals surface area contributed by atoms with Crippen LogP contribution in [-0.2, 0) is 20.0 Å². The monoisotopic (exact) mass is 549 g/mol. The van der Waals surface area contributed by atoms with Crippen LogP contribution in [0.15, 0.2) is 59.8 Å². The quantitative estimate of drug-likeness (QED) is 0.223. The predicted molar refractivity (Wildman–Crippen MR) is 141 cm³/mol. The van der Waals surface area contributed by atoms with E-state index in [1.54, 1.807) is 42.5 Å². The Hall–Kier alpha value is -2.41. The highest BCUT2D eigenvalue weighted by Gasteiger charge is 2.35. The van der Waals surface area contributed by atoms with E-state index in [9.17, 15) is 14.6 Å². The molecule has 0 spiro atoms. The van der Waals surface area contributed by atoms with Crippen LogP contribution in [0.5, 0.6) is 11.5 Å². The van der Waals surface area contributed by atoms with Crippen LogP contribution in [0, 0.1) is 4.91 Å². The molecule has 10 heteroatoms. The van der Waals surface area contributed by atoms with Gasteiger partial charge in [-0.1, -0.05) is 61.3 Å². The van der Waals surface area contributed by atoms with E-state index < -0.39 is 13.7 Å². The standard InChI is InChI=1S/C26H26Cl2NO6P/c1-16(2)21-10-17(6-7-25(21)29-31)11-22-23(27)13-20(14-24(22)28)33-15-36(32)34-9-8-26(35-36)18-4-3-5-19(30)12-18/h3-7,10,12-14,16,26,30H,8-9,11,15H2,1-2H3. The molecule has 1 fully saturated rings. The van der Waals surface area contributed by atoms with Gasteiger partial charge in [-0.05, 0) is 63.7 Å². The van der Waals surface area contributed by atoms with Crippen molar-refractivity contribution in [1.29, 1.82) is 0 Å². The summed E-state index contributed by atoms with van der Waals surface area (Å²) in [4.78, 5) is 11.1. The van der Waals surface area contributed by atoms with E-state index >= 15 is 0 Å². The fraction of sp³-hybridized carbons (Fsp3) is 0.308. The van der Waals surface area contributed by atoms with Gasteiger partial charge in [0.25, 0.3) is 0 Å². The van der Waals surface area contributed by atoms with Crippen LogP contribution in [0.2, 0.25) is 10.0 Å². The second kappa shape index (κ2) is 11.3. The first-order valence-electron chi connectivity index (χ1n) is 11.5. The minimum atomic E-state index is -3.56. The van der Waals surface area contributed by atoms with E-state index in [0.717, 1.165) is 11.1 Å². The van der Waals surface area contributed by atoms with E-state index in [1.165, 1.54) is 0 Å². The van der Waals surface area contributed by atoms with Crippen molar-refractivity contribution in [3.8, 4) is 11.5 Å². The van der Waals surface area contributed by atoms with Crippen molar-refractivity contribution in [2.75, 3.05) is 13.0 Å². The van der Waals surface area contributed by atoms with Crippen molar-refractivity contribution in [1.82, 2.24) is 0 Å². The zero-order valence-corrected chi connectivity index (χ0v) is 22.2. The number of ether oxygens (including phenoxy) is 1. The van der Waals surface area contributed by atoms with Crippen molar-refractivity contribution in [2.45, 2.75) is 38.7 Å². The van der Waals surface area contributed by atoms with E-state index in [1.807, 2.05) is 26.0 Å². The molecule has 2 atom stereocenters. The fourth-order valence-corrected chi connectivity index (χ4v) is 6.15. The SMILES string of the molecule is CC(C)c1cc(Cc2c(Cl)cc(OCP3(=O)OCCC(c4cccc(O)c4)O3)cc2Cl)ccc1N=O. The molecule has 4 rings (SSSR count). The first-order valence-corrected chi connectivity index (χ1v) is 13.9. The van der Waals surface area contributed by atoms with Gasteiger partial charge in [0.1, 0.15) is 17.2 Å². The number of hydrogen-bond acceptors (Lipinski definition) is 7. The first kappa shape index (κ1) is 26.6. The topological polar surface area (TPSA) is 94.4 Å². The molecule has 0 saturated carbocycles. The summed E-state index contributed by atoms with van der Waals surface area (Å²) in [5.74, 6) is 0.576. The average molecular weight is 550 g/mol. The Balaban J connectivity index is 1.46. The lowest BCUT2D eigenvalue weighted by Crippen LogP contribution is -2.17. The second-order valence-corrected chi connectivity index (χ2v) is 11.6. The molecular weight excluding hydrogens is 524 g/mol. The summed E-state index contributed by atoms with van der Waals surface area (Å²) in [6.45, 7) is 4.23. The van der Waals surface area contributed by atoms with Crippen LogP contribution in [0.1, 0.15) is 54.5 Å². The number of aromatic hydroxyl groups is 1. The van der Waals surface area contributed by atoms with Crippen molar-refractivity contribution in [3.63, 3.8) is 0 Å². The van der Waals surface area contributed by atoms with Crippen LogP contribution in [0.3, 0.4) is 0 Å². The van der Waals surface area contributed by atoms with Gasteiger partial charge in [0.05, 0.1) is 12.7 Å². The summed E-state index contributed by atoms with van der Waals surface area (Å²) in [6.07, 6.45) is 0.160. The summed E-state index contributed by atoms with van der Waals surface area (Å²) >= 11 is 13.1. The highest BCUT2D eigenvalue weighted by molar-refractivity contribution is 7.53. The van der Waals surface area contributed by atoms with Gasteiger partial charge >= 0.3 is 7.60 Å². The molecule has 3 aromatic carbocycles. The molecule has 0 aromatic heterocycles. The predicted octanol–water partition coefficient (Wildman–Crippen LogP) is 8.52. The van der Waals surface area contributed by atoms with Crippen molar-refractivity contribution < 1.29 is 23.5 Å². The van der Waals surface area contributed by atoms with Gasteiger partial charge in [-0.25, -0.2) is 0 Å². The van der Waals surface area contributed by atoms with Crippen molar-refractivity contribution in [2.24, 2.45) is 5.18 Å². The Bertz CT molecular complexity index is 1290. The smallest absolute Gasteiger partial charge is 0.368 e. The minimum Gasteiger partial charge on any atom is -0.508 e. The molecule has 1 aliphatic rings. The first-order chi connectivity index (χ1) is 17.2. The minimum absolute atomic E-state index is 0.106. The lowest BCUT2D eigenvalue weighted by molar-refractivity contribution is 0.0724. The van der Waals surface area contributed by atoms with Gasteiger partial charge in [0.15, 0.2) is 6.35 Å². The number of nitroso groups, excluding NO2 is 1. The van der Waals surface area contributed by atoms with Crippen LogP contribution in [0.4, 0.5) is 5.69 Å². The summed E-state index contributed by atoms with van der Waals surface area (Å²) in [7, 11) is -3.56. The molecular formula is C26H26Cl2NO6P. The third-order valence-electron chi connectivity index (χ3n) is 5.89. The fourth-order valence-electron chi connectivity index (χ4n) is 4.05. The van der Waals surface area contributed by atoms with Crippen LogP contribution in [-0.4, -0.2) is 18.1 Å². The summed E-state index contributed by atoms with van der Waals surface area (Å²) < 4.78 is 30.1. The molecule has 7 nitrogen and oxygen atoms in total. The number of rotatable bonds is 8. The molecule has 0 aliphatic carbocycles. The van der Waals surface area contributed by atoms with Gasteiger partial charge in [-0.3, -0.25) is 9.09 Å². The molecule has 0 amide bonds. The molecule has 1 heterocycles. The van der Waals surface area contributed by atoms with E-state index in [2.05, 4.69) is 5.18 Å². The summed E-state index contributed by atoms with van der Waals surface area (Å²) in [5, 5.41) is 13.6. The highest BCUT2D eigenvalue weighted by atomic mass is 35.5. The van der Waals surface area contributed by atoms with Crippen LogP contribution in [0.25, 0.3) is 0 Å². The molecule has 1 N–H and O–H groups in total. The van der Waals surface area contributed by atoms with Gasteiger partial charge in [0, 0.05) is 22.9 Å². The van der Waals surface area contributed by atoms with E-state index in [4.69, 9.17) is 37.0 Å². The molecule has 0 bridgehead atoms. The number of halogens is 2. The molecule has 36 heavy (non-hydrogen) atoms. The van der Waals surface area contributed by atoms with E-state index in [0.29, 0.717) is 45.5 Å². The summed E-state index contributed by atoms with van der Waals surface area (Å²) in [5.41, 5.74) is 3.63.